The van der Waals surface area contributed by atoms with Crippen molar-refractivity contribution >= 4 is 5.82 Å². The molecule has 0 bridgehead atoms. The monoisotopic (exact) mass is 193 g/mol. The lowest BCUT2D eigenvalue weighted by Crippen LogP contribution is -2.31. The Morgan fingerprint density at radius 3 is 2.71 bits per heavy atom. The standard InChI is InChI=1S/C10H15N3O/c1-8-11-9(7-10(14)12-8)13-5-3-2-4-6-13/h7H,2-6H2,1H3,(H,11,12,14). The van der Waals surface area contributed by atoms with Gasteiger partial charge in [-0.15, -0.1) is 0 Å². The number of H-pyrrole nitrogens is 1. The van der Waals surface area contributed by atoms with Gasteiger partial charge in [-0.1, -0.05) is 0 Å². The van der Waals surface area contributed by atoms with Gasteiger partial charge in [-0.25, -0.2) is 4.98 Å². The van der Waals surface area contributed by atoms with Gasteiger partial charge in [-0.05, 0) is 26.2 Å². The Morgan fingerprint density at radius 1 is 1.36 bits per heavy atom. The fourth-order valence-corrected chi connectivity index (χ4v) is 1.85. The summed E-state index contributed by atoms with van der Waals surface area (Å²) in [7, 11) is 0. The molecule has 1 aromatic heterocycles. The molecule has 4 nitrogen and oxygen atoms in total. The Bertz CT molecular complexity index is 366. The summed E-state index contributed by atoms with van der Waals surface area (Å²) in [4.78, 5) is 20.4. The molecule has 1 aliphatic heterocycles. The van der Waals surface area contributed by atoms with Gasteiger partial charge in [-0.2, -0.15) is 0 Å². The first-order chi connectivity index (χ1) is 6.75. The molecule has 0 spiro atoms. The SMILES string of the molecule is Cc1nc(N2CCCCC2)cc(=O)[nH]1. The van der Waals surface area contributed by atoms with Crippen LogP contribution < -0.4 is 10.5 Å². The van der Waals surface area contributed by atoms with Gasteiger partial charge >= 0.3 is 0 Å². The molecule has 1 aromatic rings. The van der Waals surface area contributed by atoms with Gasteiger partial charge in [0.05, 0.1) is 0 Å². The maximum Gasteiger partial charge on any atom is 0.252 e. The molecule has 0 saturated carbocycles. The van der Waals surface area contributed by atoms with E-state index >= 15 is 0 Å². The van der Waals surface area contributed by atoms with Crippen LogP contribution in [0.1, 0.15) is 25.1 Å². The number of aromatic nitrogens is 2. The van der Waals surface area contributed by atoms with Crippen molar-refractivity contribution in [3.05, 3.63) is 22.2 Å². The van der Waals surface area contributed by atoms with Gasteiger partial charge in [0.15, 0.2) is 0 Å². The van der Waals surface area contributed by atoms with Crippen molar-refractivity contribution < 1.29 is 0 Å². The Hall–Kier alpha value is -1.32. The minimum absolute atomic E-state index is 0.0573. The first-order valence-electron chi connectivity index (χ1n) is 5.08. The molecular weight excluding hydrogens is 178 g/mol. The lowest BCUT2D eigenvalue weighted by molar-refractivity contribution is 0.572. The molecule has 2 heterocycles. The topological polar surface area (TPSA) is 49.0 Å². The highest BCUT2D eigenvalue weighted by Crippen LogP contribution is 2.15. The predicted octanol–water partition coefficient (Wildman–Crippen LogP) is 1.07. The zero-order chi connectivity index (χ0) is 9.97. The van der Waals surface area contributed by atoms with Crippen LogP contribution in [0.5, 0.6) is 0 Å². The number of rotatable bonds is 1. The highest BCUT2D eigenvalue weighted by atomic mass is 16.1. The molecule has 0 amide bonds. The summed E-state index contributed by atoms with van der Waals surface area (Å²) in [5, 5.41) is 0. The van der Waals surface area contributed by atoms with E-state index in [9.17, 15) is 4.79 Å². The summed E-state index contributed by atoms with van der Waals surface area (Å²) >= 11 is 0. The molecule has 76 valence electrons. The number of hydrogen-bond acceptors (Lipinski definition) is 3. The van der Waals surface area contributed by atoms with Crippen molar-refractivity contribution in [2.45, 2.75) is 26.2 Å². The third-order valence-corrected chi connectivity index (χ3v) is 2.53. The summed E-state index contributed by atoms with van der Waals surface area (Å²) in [6, 6.07) is 1.58. The van der Waals surface area contributed by atoms with E-state index in [0.717, 1.165) is 18.9 Å². The lowest BCUT2D eigenvalue weighted by atomic mass is 10.1. The van der Waals surface area contributed by atoms with E-state index in [0.29, 0.717) is 5.82 Å². The van der Waals surface area contributed by atoms with Crippen LogP contribution in [0.15, 0.2) is 10.9 Å². The van der Waals surface area contributed by atoms with Crippen LogP contribution in [-0.2, 0) is 0 Å². The summed E-state index contributed by atoms with van der Waals surface area (Å²) < 4.78 is 0. The van der Waals surface area contributed by atoms with E-state index in [1.54, 1.807) is 6.07 Å². The molecule has 14 heavy (non-hydrogen) atoms. The summed E-state index contributed by atoms with van der Waals surface area (Å²) in [5.74, 6) is 1.52. The smallest absolute Gasteiger partial charge is 0.252 e. The highest BCUT2D eigenvalue weighted by molar-refractivity contribution is 5.37. The number of aryl methyl sites for hydroxylation is 1. The largest absolute Gasteiger partial charge is 0.356 e. The second-order valence-corrected chi connectivity index (χ2v) is 3.74. The van der Waals surface area contributed by atoms with Crippen molar-refractivity contribution in [3.8, 4) is 0 Å². The van der Waals surface area contributed by atoms with E-state index < -0.39 is 0 Å². The molecule has 1 N–H and O–H groups in total. The number of nitrogens with zero attached hydrogens (tertiary/aromatic N) is 2. The Morgan fingerprint density at radius 2 is 2.07 bits per heavy atom. The van der Waals surface area contributed by atoms with Crippen molar-refractivity contribution in [2.75, 3.05) is 18.0 Å². The highest BCUT2D eigenvalue weighted by Gasteiger charge is 2.12. The summed E-state index contributed by atoms with van der Waals surface area (Å²) in [6.07, 6.45) is 3.69. The Balaban J connectivity index is 2.26. The van der Waals surface area contributed by atoms with E-state index in [2.05, 4.69) is 14.9 Å². The van der Waals surface area contributed by atoms with Crippen LogP contribution in [0.3, 0.4) is 0 Å². The fourth-order valence-electron chi connectivity index (χ4n) is 1.85. The van der Waals surface area contributed by atoms with Gasteiger partial charge in [-0.3, -0.25) is 4.79 Å². The van der Waals surface area contributed by atoms with Gasteiger partial charge in [0.1, 0.15) is 11.6 Å². The Labute approximate surface area is 83.0 Å². The van der Waals surface area contributed by atoms with Crippen molar-refractivity contribution in [1.82, 2.24) is 9.97 Å². The molecule has 1 aliphatic rings. The van der Waals surface area contributed by atoms with Gasteiger partial charge in [0.2, 0.25) is 0 Å². The number of anilines is 1. The van der Waals surface area contributed by atoms with Crippen LogP contribution in [0.25, 0.3) is 0 Å². The normalized spacial score (nSPS) is 17.1. The van der Waals surface area contributed by atoms with Gasteiger partial charge in [0.25, 0.3) is 5.56 Å². The van der Waals surface area contributed by atoms with Crippen LogP contribution in [0.4, 0.5) is 5.82 Å². The third kappa shape index (κ3) is 1.95. The quantitative estimate of drug-likeness (QED) is 0.725. The van der Waals surface area contributed by atoms with Crippen LogP contribution in [0.2, 0.25) is 0 Å². The minimum Gasteiger partial charge on any atom is -0.356 e. The molecule has 0 atom stereocenters. The number of hydrogen-bond donors (Lipinski definition) is 1. The van der Waals surface area contributed by atoms with E-state index in [1.165, 1.54) is 19.3 Å². The first-order valence-corrected chi connectivity index (χ1v) is 5.08. The average Bonchev–Trinajstić information content (AvgIpc) is 2.18. The summed E-state index contributed by atoms with van der Waals surface area (Å²) in [6.45, 7) is 3.86. The molecular formula is C10H15N3O. The predicted molar refractivity (Wildman–Crippen MR) is 55.7 cm³/mol. The number of piperidine rings is 1. The maximum atomic E-state index is 11.2. The van der Waals surface area contributed by atoms with Crippen LogP contribution >= 0.6 is 0 Å². The second-order valence-electron chi connectivity index (χ2n) is 3.74. The van der Waals surface area contributed by atoms with Crippen molar-refractivity contribution in [1.29, 1.82) is 0 Å². The molecule has 4 heteroatoms. The van der Waals surface area contributed by atoms with E-state index in [4.69, 9.17) is 0 Å². The molecule has 0 unspecified atom stereocenters. The zero-order valence-corrected chi connectivity index (χ0v) is 8.42. The molecule has 0 aromatic carbocycles. The molecule has 1 fully saturated rings. The summed E-state index contributed by atoms with van der Waals surface area (Å²) in [5.41, 5.74) is -0.0573. The average molecular weight is 193 g/mol. The molecule has 0 radical (unpaired) electrons. The number of aromatic amines is 1. The lowest BCUT2D eigenvalue weighted by Gasteiger charge is -2.27. The second kappa shape index (κ2) is 3.82. The fraction of sp³-hybridized carbons (Fsp3) is 0.600. The number of nitrogens with one attached hydrogen (secondary N) is 1. The van der Waals surface area contributed by atoms with Gasteiger partial charge in [0, 0.05) is 19.2 Å². The van der Waals surface area contributed by atoms with E-state index in [1.807, 2.05) is 6.92 Å². The molecule has 0 aliphatic carbocycles. The van der Waals surface area contributed by atoms with Crippen LogP contribution in [0, 0.1) is 6.92 Å². The zero-order valence-electron chi connectivity index (χ0n) is 8.42. The third-order valence-electron chi connectivity index (χ3n) is 2.53. The Kier molecular flexibility index (Phi) is 2.52. The molecule has 2 rings (SSSR count). The first kappa shape index (κ1) is 9.24. The van der Waals surface area contributed by atoms with E-state index in [-0.39, 0.29) is 5.56 Å². The van der Waals surface area contributed by atoms with Crippen molar-refractivity contribution in [2.24, 2.45) is 0 Å². The minimum atomic E-state index is -0.0573. The van der Waals surface area contributed by atoms with Gasteiger partial charge < -0.3 is 9.88 Å². The maximum absolute atomic E-state index is 11.2. The van der Waals surface area contributed by atoms with Crippen LogP contribution in [-0.4, -0.2) is 23.1 Å². The molecule has 1 saturated heterocycles. The van der Waals surface area contributed by atoms with Crippen molar-refractivity contribution in [3.63, 3.8) is 0 Å².